The van der Waals surface area contributed by atoms with Gasteiger partial charge in [-0.3, -0.25) is 0 Å². The minimum absolute atomic E-state index is 0.0670. The maximum absolute atomic E-state index is 6.19. The highest BCUT2D eigenvalue weighted by Crippen LogP contribution is 2.41. The number of hydrogen-bond donors (Lipinski definition) is 1. The Hall–Kier alpha value is -2.16. The Morgan fingerprint density at radius 1 is 1.14 bits per heavy atom. The monoisotopic (exact) mass is 282 g/mol. The first kappa shape index (κ1) is 13.8. The predicted octanol–water partition coefficient (Wildman–Crippen LogP) is 4.01. The lowest BCUT2D eigenvalue weighted by molar-refractivity contribution is 0.197. The van der Waals surface area contributed by atoms with Gasteiger partial charge in [0.1, 0.15) is 17.5 Å². The summed E-state index contributed by atoms with van der Waals surface area (Å²) in [6, 6.07) is 16.3. The van der Waals surface area contributed by atoms with Crippen molar-refractivity contribution in [3.63, 3.8) is 0 Å². The van der Waals surface area contributed by atoms with E-state index < -0.39 is 0 Å². The van der Waals surface area contributed by atoms with E-state index in [0.29, 0.717) is 0 Å². The van der Waals surface area contributed by atoms with Gasteiger partial charge in [0.2, 0.25) is 0 Å². The van der Waals surface area contributed by atoms with E-state index in [9.17, 15) is 0 Å². The van der Waals surface area contributed by atoms with Crippen LogP contribution in [0.5, 0.6) is 5.75 Å². The van der Waals surface area contributed by atoms with Crippen molar-refractivity contribution in [2.24, 2.45) is 0 Å². The molecule has 3 nitrogen and oxygen atoms in total. The molecule has 2 aromatic rings. The lowest BCUT2D eigenvalue weighted by atomic mass is 10.1. The summed E-state index contributed by atoms with van der Waals surface area (Å²) in [7, 11) is 0. The number of nitrogen functional groups attached to an aromatic ring is 1. The van der Waals surface area contributed by atoms with E-state index in [4.69, 9.17) is 10.5 Å². The molecule has 21 heavy (non-hydrogen) atoms. The summed E-state index contributed by atoms with van der Waals surface area (Å²) in [6.07, 6.45) is 2.41. The van der Waals surface area contributed by atoms with E-state index in [1.165, 1.54) is 12.0 Å². The third-order valence-corrected chi connectivity index (χ3v) is 3.95. The normalized spacial score (nSPS) is 17.2. The lowest BCUT2D eigenvalue weighted by Crippen LogP contribution is -2.36. The van der Waals surface area contributed by atoms with Gasteiger partial charge in [-0.25, -0.2) is 0 Å². The van der Waals surface area contributed by atoms with Gasteiger partial charge in [-0.1, -0.05) is 49.7 Å². The molecule has 2 aromatic carbocycles. The van der Waals surface area contributed by atoms with Crippen LogP contribution in [0.2, 0.25) is 0 Å². The predicted molar refractivity (Wildman–Crippen MR) is 87.8 cm³/mol. The Morgan fingerprint density at radius 3 is 2.71 bits per heavy atom. The van der Waals surface area contributed by atoms with Crippen molar-refractivity contribution < 1.29 is 4.74 Å². The van der Waals surface area contributed by atoms with Crippen molar-refractivity contribution in [3.05, 3.63) is 54.1 Å². The second-order valence-electron chi connectivity index (χ2n) is 5.51. The van der Waals surface area contributed by atoms with E-state index in [-0.39, 0.29) is 6.10 Å². The molecule has 3 rings (SSSR count). The number of fused-ring (bicyclic) bond motifs is 1. The maximum Gasteiger partial charge on any atom is 0.145 e. The van der Waals surface area contributed by atoms with E-state index >= 15 is 0 Å². The van der Waals surface area contributed by atoms with Gasteiger partial charge in [0, 0.05) is 6.54 Å². The van der Waals surface area contributed by atoms with Crippen LogP contribution in [0.1, 0.15) is 31.4 Å². The molecule has 0 bridgehead atoms. The van der Waals surface area contributed by atoms with Crippen molar-refractivity contribution in [1.82, 2.24) is 0 Å². The molecule has 0 aromatic heterocycles. The Balaban J connectivity index is 1.93. The third-order valence-electron chi connectivity index (χ3n) is 3.95. The number of nitrogens with two attached hydrogens (primary N) is 1. The van der Waals surface area contributed by atoms with Crippen molar-refractivity contribution in [3.8, 4) is 5.75 Å². The molecule has 0 amide bonds. The van der Waals surface area contributed by atoms with Crippen molar-refractivity contribution >= 4 is 11.4 Å². The third kappa shape index (κ3) is 2.82. The standard InChI is InChI=1S/C18H22N2O/c1-2-3-12-20-13-17(14-8-5-4-6-9-14)21-16-11-7-10-15(19)18(16)20/h4-11,17H,2-3,12-13,19H2,1H3. The average Bonchev–Trinajstić information content (AvgIpc) is 2.53. The highest BCUT2D eigenvalue weighted by molar-refractivity contribution is 5.75. The van der Waals surface area contributed by atoms with Gasteiger partial charge in [-0.15, -0.1) is 0 Å². The van der Waals surface area contributed by atoms with Gasteiger partial charge in [0.15, 0.2) is 0 Å². The molecular formula is C18H22N2O. The van der Waals surface area contributed by atoms with Gasteiger partial charge in [-0.2, -0.15) is 0 Å². The first-order chi connectivity index (χ1) is 10.3. The van der Waals surface area contributed by atoms with Crippen LogP contribution in [0, 0.1) is 0 Å². The molecule has 0 saturated heterocycles. The number of unbranched alkanes of at least 4 members (excludes halogenated alkanes) is 1. The zero-order chi connectivity index (χ0) is 14.7. The fraction of sp³-hybridized carbons (Fsp3) is 0.333. The maximum atomic E-state index is 6.19. The topological polar surface area (TPSA) is 38.5 Å². The van der Waals surface area contributed by atoms with Gasteiger partial charge in [-0.05, 0) is 24.1 Å². The Morgan fingerprint density at radius 2 is 1.95 bits per heavy atom. The molecule has 0 spiro atoms. The molecule has 0 radical (unpaired) electrons. The molecule has 110 valence electrons. The van der Waals surface area contributed by atoms with Crippen molar-refractivity contribution in [2.75, 3.05) is 23.7 Å². The molecular weight excluding hydrogens is 260 g/mol. The molecule has 0 fully saturated rings. The first-order valence-corrected chi connectivity index (χ1v) is 7.64. The minimum atomic E-state index is 0.0670. The number of para-hydroxylation sites is 1. The second-order valence-corrected chi connectivity index (χ2v) is 5.51. The second kappa shape index (κ2) is 6.08. The molecule has 1 aliphatic rings. The van der Waals surface area contributed by atoms with Gasteiger partial charge < -0.3 is 15.4 Å². The SMILES string of the molecule is CCCCN1CC(c2ccccc2)Oc2cccc(N)c21. The number of anilines is 2. The summed E-state index contributed by atoms with van der Waals surface area (Å²) in [5.41, 5.74) is 9.24. The van der Waals surface area contributed by atoms with Crippen LogP contribution in [0.25, 0.3) is 0 Å². The number of rotatable bonds is 4. The number of nitrogens with zero attached hydrogens (tertiary/aromatic N) is 1. The molecule has 1 unspecified atom stereocenters. The van der Waals surface area contributed by atoms with Crippen molar-refractivity contribution in [2.45, 2.75) is 25.9 Å². The van der Waals surface area contributed by atoms with Crippen LogP contribution >= 0.6 is 0 Å². The highest BCUT2D eigenvalue weighted by Gasteiger charge is 2.27. The summed E-state index contributed by atoms with van der Waals surface area (Å²) in [5.74, 6) is 0.895. The van der Waals surface area contributed by atoms with Crippen LogP contribution in [-0.4, -0.2) is 13.1 Å². The summed E-state index contributed by atoms with van der Waals surface area (Å²) in [5, 5.41) is 0. The molecule has 1 atom stereocenters. The molecule has 3 heteroatoms. The van der Waals surface area contributed by atoms with Crippen LogP contribution < -0.4 is 15.4 Å². The largest absolute Gasteiger partial charge is 0.482 e. The van der Waals surface area contributed by atoms with E-state index in [2.05, 4.69) is 36.1 Å². The fourth-order valence-corrected chi connectivity index (χ4v) is 2.85. The molecule has 2 N–H and O–H groups in total. The fourth-order valence-electron chi connectivity index (χ4n) is 2.85. The number of benzene rings is 2. The van der Waals surface area contributed by atoms with Crippen LogP contribution in [0.15, 0.2) is 48.5 Å². The van der Waals surface area contributed by atoms with E-state index in [1.54, 1.807) is 0 Å². The van der Waals surface area contributed by atoms with Gasteiger partial charge in [0.25, 0.3) is 0 Å². The van der Waals surface area contributed by atoms with Gasteiger partial charge in [0.05, 0.1) is 12.2 Å². The quantitative estimate of drug-likeness (QED) is 0.861. The van der Waals surface area contributed by atoms with Crippen molar-refractivity contribution in [1.29, 1.82) is 0 Å². The number of ether oxygens (including phenoxy) is 1. The van der Waals surface area contributed by atoms with Gasteiger partial charge >= 0.3 is 0 Å². The highest BCUT2D eigenvalue weighted by atomic mass is 16.5. The Labute approximate surface area is 126 Å². The lowest BCUT2D eigenvalue weighted by Gasteiger charge is -2.37. The zero-order valence-electron chi connectivity index (χ0n) is 12.5. The minimum Gasteiger partial charge on any atom is -0.482 e. The molecule has 0 aliphatic carbocycles. The van der Waals surface area contributed by atoms with Crippen LogP contribution in [-0.2, 0) is 0 Å². The van der Waals surface area contributed by atoms with Crippen LogP contribution in [0.3, 0.4) is 0 Å². The average molecular weight is 282 g/mol. The summed E-state index contributed by atoms with van der Waals surface area (Å²) >= 11 is 0. The molecule has 1 heterocycles. The Kier molecular flexibility index (Phi) is 4.00. The summed E-state index contributed by atoms with van der Waals surface area (Å²) in [4.78, 5) is 2.37. The van der Waals surface area contributed by atoms with E-state index in [1.807, 2.05) is 24.3 Å². The Bertz CT molecular complexity index is 597. The zero-order valence-corrected chi connectivity index (χ0v) is 12.5. The first-order valence-electron chi connectivity index (χ1n) is 7.64. The summed E-state index contributed by atoms with van der Waals surface area (Å²) in [6.45, 7) is 4.08. The van der Waals surface area contributed by atoms with E-state index in [0.717, 1.165) is 36.6 Å². The smallest absolute Gasteiger partial charge is 0.145 e. The number of hydrogen-bond acceptors (Lipinski definition) is 3. The molecule has 0 saturated carbocycles. The summed E-state index contributed by atoms with van der Waals surface area (Å²) < 4.78 is 6.19. The van der Waals surface area contributed by atoms with Crippen LogP contribution in [0.4, 0.5) is 11.4 Å². The molecule has 1 aliphatic heterocycles.